The number of fused-ring (bicyclic) bond motifs is 1. The highest BCUT2D eigenvalue weighted by molar-refractivity contribution is 5.76. The number of hydrogen-bond acceptors (Lipinski definition) is 5. The molecule has 2 fully saturated rings. The lowest BCUT2D eigenvalue weighted by Crippen LogP contribution is -2.35. The first-order valence-corrected chi connectivity index (χ1v) is 9.27. The van der Waals surface area contributed by atoms with Gasteiger partial charge in [-0.3, -0.25) is 9.78 Å². The molecule has 0 radical (unpaired) electrons. The van der Waals surface area contributed by atoms with Gasteiger partial charge in [0.25, 0.3) is 0 Å². The van der Waals surface area contributed by atoms with Crippen LogP contribution in [0.25, 0.3) is 0 Å². The Morgan fingerprint density at radius 3 is 2.72 bits per heavy atom. The highest BCUT2D eigenvalue weighted by atomic mass is 19.4. The van der Waals surface area contributed by atoms with Crippen LogP contribution in [0.15, 0.2) is 24.5 Å². The molecule has 1 aromatic heterocycles. The molecule has 0 aromatic carbocycles. The van der Waals surface area contributed by atoms with Crippen molar-refractivity contribution >= 4 is 11.9 Å². The fraction of sp³-hybridized carbons (Fsp3) is 0.632. The van der Waals surface area contributed by atoms with Gasteiger partial charge in [-0.25, -0.2) is 4.79 Å². The molecule has 1 saturated carbocycles. The summed E-state index contributed by atoms with van der Waals surface area (Å²) in [6.07, 6.45) is 2.47. The van der Waals surface area contributed by atoms with Crippen molar-refractivity contribution in [3.63, 3.8) is 0 Å². The van der Waals surface area contributed by atoms with Gasteiger partial charge in [-0.15, -0.1) is 0 Å². The molecule has 2 aliphatic rings. The minimum atomic E-state index is -5.08. The second kappa shape index (κ2) is 9.91. The summed E-state index contributed by atoms with van der Waals surface area (Å²) in [5, 5.41) is 7.12. The summed E-state index contributed by atoms with van der Waals surface area (Å²) in [6.45, 7) is 2.87. The van der Waals surface area contributed by atoms with Crippen LogP contribution in [0.3, 0.4) is 0 Å². The Kier molecular flexibility index (Phi) is 7.83. The van der Waals surface area contributed by atoms with E-state index >= 15 is 0 Å². The molecule has 1 N–H and O–H groups in total. The van der Waals surface area contributed by atoms with Crippen molar-refractivity contribution in [2.45, 2.75) is 31.9 Å². The van der Waals surface area contributed by atoms with Gasteiger partial charge in [0.2, 0.25) is 5.91 Å². The molecule has 1 aromatic rings. The molecule has 0 bridgehead atoms. The molecule has 1 aliphatic heterocycles. The molecule has 3 rings (SSSR count). The maximum absolute atomic E-state index is 12.2. The van der Waals surface area contributed by atoms with Crippen molar-refractivity contribution in [1.29, 1.82) is 0 Å². The number of rotatable bonds is 6. The lowest BCUT2D eigenvalue weighted by molar-refractivity contribution is -0.192. The van der Waals surface area contributed by atoms with Gasteiger partial charge < -0.3 is 19.5 Å². The Morgan fingerprint density at radius 2 is 2.14 bits per heavy atom. The predicted octanol–water partition coefficient (Wildman–Crippen LogP) is 2.76. The highest BCUT2D eigenvalue weighted by Crippen LogP contribution is 2.49. The van der Waals surface area contributed by atoms with Crippen LogP contribution in [0.5, 0.6) is 5.75 Å². The van der Waals surface area contributed by atoms with Gasteiger partial charge in [-0.05, 0) is 30.9 Å². The molecular formula is C19H25F3N2O5. The molecule has 10 heteroatoms. The summed E-state index contributed by atoms with van der Waals surface area (Å²) in [5.41, 5.74) is 0.124. The number of aromatic nitrogens is 1. The maximum Gasteiger partial charge on any atom is 0.490 e. The molecule has 29 heavy (non-hydrogen) atoms. The van der Waals surface area contributed by atoms with Crippen molar-refractivity contribution in [2.24, 2.45) is 11.3 Å². The third kappa shape index (κ3) is 6.31. The number of carboxylic acids is 1. The van der Waals surface area contributed by atoms with Gasteiger partial charge in [-0.1, -0.05) is 6.42 Å². The van der Waals surface area contributed by atoms with Crippen molar-refractivity contribution < 1.29 is 37.3 Å². The van der Waals surface area contributed by atoms with E-state index in [1.165, 1.54) is 12.8 Å². The van der Waals surface area contributed by atoms with Crippen LogP contribution in [-0.2, 0) is 14.3 Å². The van der Waals surface area contributed by atoms with E-state index in [1.54, 1.807) is 19.5 Å². The summed E-state index contributed by atoms with van der Waals surface area (Å²) in [7, 11) is 1.63. The Balaban J connectivity index is 0.000000370. The molecule has 0 unspecified atom stereocenters. The van der Waals surface area contributed by atoms with E-state index in [1.807, 2.05) is 17.0 Å². The van der Waals surface area contributed by atoms with E-state index in [9.17, 15) is 18.0 Å². The lowest BCUT2D eigenvalue weighted by atomic mass is 9.81. The summed E-state index contributed by atoms with van der Waals surface area (Å²) < 4.78 is 42.7. The number of nitrogens with zero attached hydrogens (tertiary/aromatic N) is 2. The van der Waals surface area contributed by atoms with E-state index in [4.69, 9.17) is 19.4 Å². The zero-order chi connectivity index (χ0) is 21.5. The zero-order valence-corrected chi connectivity index (χ0v) is 16.2. The number of methoxy groups -OCH3 is 1. The first-order valence-electron chi connectivity index (χ1n) is 9.27. The third-order valence-corrected chi connectivity index (χ3v) is 5.32. The Bertz CT molecular complexity index is 686. The molecule has 1 aliphatic carbocycles. The molecule has 2 heterocycles. The predicted molar refractivity (Wildman–Crippen MR) is 96.3 cm³/mol. The van der Waals surface area contributed by atoms with E-state index in [-0.39, 0.29) is 11.3 Å². The molecule has 1 amide bonds. The zero-order valence-electron chi connectivity index (χ0n) is 16.2. The van der Waals surface area contributed by atoms with Gasteiger partial charge in [0.15, 0.2) is 0 Å². The van der Waals surface area contributed by atoms with Gasteiger partial charge in [-0.2, -0.15) is 13.2 Å². The van der Waals surface area contributed by atoms with Gasteiger partial charge >= 0.3 is 12.1 Å². The minimum Gasteiger partial charge on any atom is -0.491 e. The van der Waals surface area contributed by atoms with E-state index in [0.717, 1.165) is 25.3 Å². The van der Waals surface area contributed by atoms with Crippen LogP contribution in [0.1, 0.15) is 25.7 Å². The fourth-order valence-corrected chi connectivity index (χ4v) is 3.85. The summed E-state index contributed by atoms with van der Waals surface area (Å²) in [6, 6.07) is 3.82. The number of hydrogen-bond donors (Lipinski definition) is 1. The molecule has 7 nitrogen and oxygen atoms in total. The molecule has 2 atom stereocenters. The Labute approximate surface area is 166 Å². The quantitative estimate of drug-likeness (QED) is 0.764. The number of likely N-dealkylation sites (tertiary alicyclic amines) is 1. The van der Waals surface area contributed by atoms with E-state index < -0.39 is 12.1 Å². The van der Waals surface area contributed by atoms with Crippen LogP contribution in [0.4, 0.5) is 13.2 Å². The number of carboxylic acid groups (broad SMARTS) is 1. The lowest BCUT2D eigenvalue weighted by Gasteiger charge is -2.28. The number of aliphatic carboxylic acids is 1. The van der Waals surface area contributed by atoms with Crippen LogP contribution in [0.2, 0.25) is 0 Å². The topological polar surface area (TPSA) is 89.0 Å². The molecule has 1 saturated heterocycles. The fourth-order valence-electron chi connectivity index (χ4n) is 3.85. The molecular weight excluding hydrogens is 393 g/mol. The van der Waals surface area contributed by atoms with Crippen molar-refractivity contribution in [3.8, 4) is 5.75 Å². The standard InChI is InChI=1S/C17H24N2O3.C2HF3O2/c1-21-9-6-16(20)19-11-14-4-2-7-17(14,12-19)13-22-15-5-3-8-18-10-15;3-2(4,5)1(6)7/h3,5,8,10,14H,2,4,6-7,9,11-13H2,1H3;(H,6,7)/t14-,17+;/m1./s1. The van der Waals surface area contributed by atoms with Crippen LogP contribution in [0, 0.1) is 11.3 Å². The number of halogens is 3. The van der Waals surface area contributed by atoms with Crippen molar-refractivity contribution in [1.82, 2.24) is 9.88 Å². The van der Waals surface area contributed by atoms with Gasteiger partial charge in [0, 0.05) is 31.8 Å². The normalized spacial score (nSPS) is 23.2. The van der Waals surface area contributed by atoms with Crippen LogP contribution < -0.4 is 4.74 Å². The number of ether oxygens (including phenoxy) is 2. The highest BCUT2D eigenvalue weighted by Gasteiger charge is 2.51. The average molecular weight is 418 g/mol. The number of alkyl halides is 3. The second-order valence-electron chi connectivity index (χ2n) is 7.25. The number of carbonyl (C=O) groups is 2. The second-order valence-corrected chi connectivity index (χ2v) is 7.25. The van der Waals surface area contributed by atoms with Gasteiger partial charge in [0.05, 0.1) is 25.8 Å². The Morgan fingerprint density at radius 1 is 1.41 bits per heavy atom. The van der Waals surface area contributed by atoms with Crippen LogP contribution in [-0.4, -0.2) is 66.5 Å². The first-order chi connectivity index (χ1) is 13.7. The smallest absolute Gasteiger partial charge is 0.490 e. The number of carbonyl (C=O) groups excluding carboxylic acids is 1. The summed E-state index contributed by atoms with van der Waals surface area (Å²) >= 11 is 0. The summed E-state index contributed by atoms with van der Waals surface area (Å²) in [4.78, 5) is 27.2. The van der Waals surface area contributed by atoms with E-state index in [2.05, 4.69) is 4.98 Å². The molecule has 0 spiro atoms. The van der Waals surface area contributed by atoms with Gasteiger partial charge in [0.1, 0.15) is 5.75 Å². The molecule has 162 valence electrons. The van der Waals surface area contributed by atoms with E-state index in [0.29, 0.717) is 25.6 Å². The maximum atomic E-state index is 12.2. The SMILES string of the molecule is COCCC(=O)N1C[C@H]2CCC[C@@]2(COc2cccnc2)C1.O=C(O)C(F)(F)F. The average Bonchev–Trinajstić information content (AvgIpc) is 3.22. The Hall–Kier alpha value is -2.36. The monoisotopic (exact) mass is 418 g/mol. The third-order valence-electron chi connectivity index (χ3n) is 5.32. The number of pyridine rings is 1. The van der Waals surface area contributed by atoms with Crippen LogP contribution >= 0.6 is 0 Å². The van der Waals surface area contributed by atoms with Crippen molar-refractivity contribution in [2.75, 3.05) is 33.4 Å². The first kappa shape index (κ1) is 22.9. The largest absolute Gasteiger partial charge is 0.491 e. The number of amides is 1. The van der Waals surface area contributed by atoms with Crippen molar-refractivity contribution in [3.05, 3.63) is 24.5 Å². The minimum absolute atomic E-state index is 0.124. The summed E-state index contributed by atoms with van der Waals surface area (Å²) in [5.74, 6) is -1.17.